The third kappa shape index (κ3) is 5.41. The van der Waals surface area contributed by atoms with Crippen LogP contribution in [0.15, 0.2) is 103 Å². The molecule has 1 aliphatic rings. The van der Waals surface area contributed by atoms with E-state index in [-0.39, 0.29) is 5.92 Å². The lowest BCUT2D eigenvalue weighted by molar-refractivity contribution is 0.144. The Morgan fingerprint density at radius 1 is 0.886 bits per heavy atom. The summed E-state index contributed by atoms with van der Waals surface area (Å²) in [5, 5.41) is 2.79. The Bertz CT molecular complexity index is 1290. The molecule has 1 aromatic heterocycles. The Kier molecular flexibility index (Phi) is 6.85. The van der Waals surface area contributed by atoms with E-state index in [0.29, 0.717) is 25.5 Å². The van der Waals surface area contributed by atoms with Crippen LogP contribution in [0.5, 0.6) is 5.75 Å². The van der Waals surface area contributed by atoms with Gasteiger partial charge in [0.05, 0.1) is 6.20 Å². The summed E-state index contributed by atoms with van der Waals surface area (Å²) >= 11 is 0. The molecule has 4 aromatic rings. The second-order valence-corrected chi connectivity index (χ2v) is 8.34. The Balaban J connectivity index is 1.11. The van der Waals surface area contributed by atoms with Crippen molar-refractivity contribution in [2.75, 3.05) is 13.2 Å². The van der Waals surface area contributed by atoms with Crippen LogP contribution in [0.25, 0.3) is 17.2 Å². The standard InChI is InChI=1S/C30H26N2O3/c33-30(35-21-29-27-14-6-4-12-25(27)26-13-5-7-15-28(26)29)32-16-8-11-23-17-24(19-31-18-23)34-20-22-9-2-1-3-10-22/h1-15,17-19,29H,16,20-21H2,(H,32,33). The molecule has 5 nitrogen and oxygen atoms in total. The molecule has 0 saturated heterocycles. The number of carbonyl (C=O) groups is 1. The van der Waals surface area contributed by atoms with Crippen LogP contribution in [0.3, 0.4) is 0 Å². The number of carbonyl (C=O) groups excluding carboxylic acids is 1. The van der Waals surface area contributed by atoms with Crippen LogP contribution in [-0.2, 0) is 11.3 Å². The first-order valence-corrected chi connectivity index (χ1v) is 11.6. The number of hydrogen-bond donors (Lipinski definition) is 1. The van der Waals surface area contributed by atoms with Crippen molar-refractivity contribution >= 4 is 12.2 Å². The molecule has 0 spiro atoms. The maximum absolute atomic E-state index is 12.3. The van der Waals surface area contributed by atoms with Gasteiger partial charge in [0.15, 0.2) is 0 Å². The molecule has 174 valence electrons. The first kappa shape index (κ1) is 22.4. The summed E-state index contributed by atoms with van der Waals surface area (Å²) < 4.78 is 11.4. The number of rotatable bonds is 8. The zero-order valence-corrected chi connectivity index (χ0v) is 19.3. The highest BCUT2D eigenvalue weighted by Crippen LogP contribution is 2.44. The van der Waals surface area contributed by atoms with Crippen molar-refractivity contribution in [1.29, 1.82) is 0 Å². The lowest BCUT2D eigenvalue weighted by Crippen LogP contribution is -2.26. The monoisotopic (exact) mass is 462 g/mol. The van der Waals surface area contributed by atoms with Gasteiger partial charge in [-0.15, -0.1) is 0 Å². The quantitative estimate of drug-likeness (QED) is 0.338. The summed E-state index contributed by atoms with van der Waals surface area (Å²) in [6.07, 6.45) is 6.76. The van der Waals surface area contributed by atoms with Crippen molar-refractivity contribution in [3.8, 4) is 16.9 Å². The Labute approximate surface area is 205 Å². The summed E-state index contributed by atoms with van der Waals surface area (Å²) in [7, 11) is 0. The van der Waals surface area contributed by atoms with Gasteiger partial charge in [0.2, 0.25) is 0 Å². The number of benzene rings is 3. The Morgan fingerprint density at radius 3 is 2.31 bits per heavy atom. The topological polar surface area (TPSA) is 60.5 Å². The summed E-state index contributed by atoms with van der Waals surface area (Å²) in [5.41, 5.74) is 6.81. The van der Waals surface area contributed by atoms with Gasteiger partial charge in [0, 0.05) is 18.7 Å². The number of amides is 1. The van der Waals surface area contributed by atoms with Crippen molar-refractivity contribution in [2.24, 2.45) is 0 Å². The third-order valence-electron chi connectivity index (χ3n) is 6.00. The van der Waals surface area contributed by atoms with Gasteiger partial charge < -0.3 is 14.8 Å². The molecule has 0 atom stereocenters. The van der Waals surface area contributed by atoms with Gasteiger partial charge in [-0.1, -0.05) is 91.0 Å². The molecule has 5 heteroatoms. The number of alkyl carbamates (subject to hydrolysis) is 1. The van der Waals surface area contributed by atoms with E-state index < -0.39 is 6.09 Å². The molecule has 0 radical (unpaired) electrons. The van der Waals surface area contributed by atoms with Crippen molar-refractivity contribution in [3.63, 3.8) is 0 Å². The highest BCUT2D eigenvalue weighted by Gasteiger charge is 2.28. The number of ether oxygens (including phenoxy) is 2. The number of nitrogens with zero attached hydrogens (tertiary/aromatic N) is 1. The Hall–Kier alpha value is -4.38. The van der Waals surface area contributed by atoms with E-state index in [9.17, 15) is 4.79 Å². The van der Waals surface area contributed by atoms with Gasteiger partial charge >= 0.3 is 6.09 Å². The van der Waals surface area contributed by atoms with Crippen LogP contribution in [0.1, 0.15) is 28.2 Å². The van der Waals surface area contributed by atoms with Gasteiger partial charge in [0.25, 0.3) is 0 Å². The average Bonchev–Trinajstić information content (AvgIpc) is 3.23. The fourth-order valence-electron chi connectivity index (χ4n) is 4.33. The molecule has 0 fully saturated rings. The van der Waals surface area contributed by atoms with E-state index in [1.165, 1.54) is 22.3 Å². The van der Waals surface area contributed by atoms with E-state index >= 15 is 0 Å². The second kappa shape index (κ2) is 10.7. The zero-order valence-electron chi connectivity index (χ0n) is 19.3. The summed E-state index contributed by atoms with van der Waals surface area (Å²) in [6.45, 7) is 1.14. The van der Waals surface area contributed by atoms with E-state index in [1.54, 1.807) is 12.4 Å². The van der Waals surface area contributed by atoms with Crippen molar-refractivity contribution in [2.45, 2.75) is 12.5 Å². The van der Waals surface area contributed by atoms with Crippen LogP contribution in [0, 0.1) is 0 Å². The molecule has 0 saturated carbocycles. The minimum Gasteiger partial charge on any atom is -0.487 e. The highest BCUT2D eigenvalue weighted by atomic mass is 16.5. The third-order valence-corrected chi connectivity index (χ3v) is 6.00. The Morgan fingerprint density at radius 2 is 1.57 bits per heavy atom. The smallest absolute Gasteiger partial charge is 0.407 e. The fourth-order valence-corrected chi connectivity index (χ4v) is 4.33. The molecule has 35 heavy (non-hydrogen) atoms. The van der Waals surface area contributed by atoms with Gasteiger partial charge in [-0.3, -0.25) is 4.98 Å². The number of aromatic nitrogens is 1. The average molecular weight is 463 g/mol. The largest absolute Gasteiger partial charge is 0.487 e. The minimum absolute atomic E-state index is 0.0494. The van der Waals surface area contributed by atoms with Gasteiger partial charge in [-0.25, -0.2) is 4.79 Å². The number of nitrogens with one attached hydrogen (secondary N) is 1. The van der Waals surface area contributed by atoms with E-state index in [4.69, 9.17) is 9.47 Å². The molecule has 1 aliphatic carbocycles. The molecular weight excluding hydrogens is 436 g/mol. The molecule has 0 unspecified atom stereocenters. The van der Waals surface area contributed by atoms with Crippen LogP contribution in [-0.4, -0.2) is 24.2 Å². The predicted octanol–water partition coefficient (Wildman–Crippen LogP) is 6.21. The number of hydrogen-bond acceptors (Lipinski definition) is 4. The molecule has 1 heterocycles. The first-order valence-electron chi connectivity index (χ1n) is 11.6. The second-order valence-electron chi connectivity index (χ2n) is 8.34. The molecule has 5 rings (SSSR count). The number of pyridine rings is 1. The van der Waals surface area contributed by atoms with Crippen LogP contribution >= 0.6 is 0 Å². The van der Waals surface area contributed by atoms with Crippen molar-refractivity contribution in [1.82, 2.24) is 10.3 Å². The van der Waals surface area contributed by atoms with Crippen LogP contribution in [0.4, 0.5) is 4.79 Å². The lowest BCUT2D eigenvalue weighted by Gasteiger charge is -2.14. The molecule has 0 aliphatic heterocycles. The van der Waals surface area contributed by atoms with E-state index in [0.717, 1.165) is 11.1 Å². The maximum atomic E-state index is 12.3. The SMILES string of the molecule is O=C(NCC=Cc1cncc(OCc2ccccc2)c1)OCC1c2ccccc2-c2ccccc21. The zero-order chi connectivity index (χ0) is 23.9. The van der Waals surface area contributed by atoms with Gasteiger partial charge in [0.1, 0.15) is 19.0 Å². The van der Waals surface area contributed by atoms with Crippen molar-refractivity contribution < 1.29 is 14.3 Å². The highest BCUT2D eigenvalue weighted by molar-refractivity contribution is 5.79. The maximum Gasteiger partial charge on any atom is 0.407 e. The summed E-state index contributed by atoms with van der Waals surface area (Å²) in [4.78, 5) is 16.5. The minimum atomic E-state index is -0.436. The lowest BCUT2D eigenvalue weighted by atomic mass is 9.98. The van der Waals surface area contributed by atoms with Crippen molar-refractivity contribution in [3.05, 3.63) is 126 Å². The first-order chi connectivity index (χ1) is 17.3. The van der Waals surface area contributed by atoms with Gasteiger partial charge in [-0.2, -0.15) is 0 Å². The van der Waals surface area contributed by atoms with Crippen LogP contribution < -0.4 is 10.1 Å². The molecule has 3 aromatic carbocycles. The van der Waals surface area contributed by atoms with Crippen LogP contribution in [0.2, 0.25) is 0 Å². The fraction of sp³-hybridized carbons (Fsp3) is 0.133. The number of fused-ring (bicyclic) bond motifs is 3. The van der Waals surface area contributed by atoms with E-state index in [1.807, 2.05) is 72.8 Å². The molecule has 1 N–H and O–H groups in total. The summed E-state index contributed by atoms with van der Waals surface area (Å²) in [6, 6.07) is 28.5. The molecule has 1 amide bonds. The normalized spacial score (nSPS) is 12.2. The summed E-state index contributed by atoms with van der Waals surface area (Å²) in [5.74, 6) is 0.744. The van der Waals surface area contributed by atoms with E-state index in [2.05, 4.69) is 34.6 Å². The predicted molar refractivity (Wildman–Crippen MR) is 137 cm³/mol. The molecular formula is C30H26N2O3. The van der Waals surface area contributed by atoms with Gasteiger partial charge in [-0.05, 0) is 39.4 Å². The molecule has 0 bridgehead atoms.